The van der Waals surface area contributed by atoms with Crippen molar-refractivity contribution < 1.29 is 14.3 Å². The summed E-state index contributed by atoms with van der Waals surface area (Å²) >= 11 is 4.22. The Labute approximate surface area is 171 Å². The Morgan fingerprint density at radius 1 is 1.15 bits per heavy atom. The first-order valence-electron chi connectivity index (χ1n) is 9.99. The molecule has 1 saturated heterocycles. The summed E-state index contributed by atoms with van der Waals surface area (Å²) in [4.78, 5) is 11.7. The molecule has 0 aromatic heterocycles. The molecule has 0 aromatic rings. The lowest BCUT2D eigenvalue weighted by molar-refractivity contribution is -0.120. The van der Waals surface area contributed by atoms with Gasteiger partial charge in [-0.3, -0.25) is 0 Å². The zero-order chi connectivity index (χ0) is 19.8. The lowest BCUT2D eigenvalue weighted by atomic mass is 9.87. The fourth-order valence-corrected chi connectivity index (χ4v) is 7.95. The van der Waals surface area contributed by atoms with Crippen LogP contribution in [-0.2, 0) is 14.3 Å². The third kappa shape index (κ3) is 7.86. The number of hydrogen-bond acceptors (Lipinski definition) is 5. The Morgan fingerprint density at radius 2 is 1.77 bits per heavy atom. The molecular weight excluding hydrogens is 380 g/mol. The Hall–Kier alpha value is 0.507. The minimum atomic E-state index is -1.10. The van der Waals surface area contributed by atoms with Crippen molar-refractivity contribution in [2.45, 2.75) is 69.5 Å². The standard InChI is InChI=1S/C20H40O3S2Si/c1-16(2)20(24-10-8-11-25-20)13-17(3)19(22-4)18(14-21)15-23-9-12-26(5,6)7/h14,16-19H,8-13,15H2,1-7H3/t17-,18-,19+/m1/s1. The van der Waals surface area contributed by atoms with Crippen LogP contribution in [0.4, 0.5) is 0 Å². The van der Waals surface area contributed by atoms with Crippen molar-refractivity contribution in [1.82, 2.24) is 0 Å². The molecule has 0 spiro atoms. The number of ether oxygens (including phenoxy) is 2. The first-order valence-corrected chi connectivity index (χ1v) is 15.7. The van der Waals surface area contributed by atoms with Crippen molar-refractivity contribution in [2.75, 3.05) is 31.8 Å². The number of rotatable bonds is 12. The van der Waals surface area contributed by atoms with E-state index >= 15 is 0 Å². The van der Waals surface area contributed by atoms with E-state index in [1.807, 2.05) is 0 Å². The van der Waals surface area contributed by atoms with Gasteiger partial charge in [0, 0.05) is 21.8 Å². The van der Waals surface area contributed by atoms with E-state index in [1.54, 1.807) is 7.11 Å². The second-order valence-corrected chi connectivity index (χ2v) is 17.8. The van der Waals surface area contributed by atoms with Crippen molar-refractivity contribution >= 4 is 37.9 Å². The largest absolute Gasteiger partial charge is 0.381 e. The van der Waals surface area contributed by atoms with E-state index in [4.69, 9.17) is 9.47 Å². The fraction of sp³-hybridized carbons (Fsp3) is 0.950. The normalized spacial score (nSPS) is 21.4. The Bertz CT molecular complexity index is 406. The monoisotopic (exact) mass is 420 g/mol. The van der Waals surface area contributed by atoms with Crippen LogP contribution in [0.2, 0.25) is 25.7 Å². The van der Waals surface area contributed by atoms with E-state index in [9.17, 15) is 4.79 Å². The van der Waals surface area contributed by atoms with Crippen LogP contribution in [-0.4, -0.2) is 56.4 Å². The molecule has 0 amide bonds. The van der Waals surface area contributed by atoms with Crippen molar-refractivity contribution in [3.63, 3.8) is 0 Å². The molecule has 0 bridgehead atoms. The van der Waals surface area contributed by atoms with Crippen LogP contribution in [0.1, 0.15) is 33.6 Å². The van der Waals surface area contributed by atoms with Crippen LogP contribution in [0.25, 0.3) is 0 Å². The van der Waals surface area contributed by atoms with Gasteiger partial charge in [0.2, 0.25) is 0 Å². The van der Waals surface area contributed by atoms with Gasteiger partial charge in [-0.2, -0.15) is 0 Å². The number of aldehydes is 1. The molecule has 1 fully saturated rings. The van der Waals surface area contributed by atoms with Crippen LogP contribution in [0, 0.1) is 17.8 Å². The molecule has 1 rings (SSSR count). The maximum atomic E-state index is 11.7. The van der Waals surface area contributed by atoms with Gasteiger partial charge in [0.05, 0.1) is 22.7 Å². The number of hydrogen-bond donors (Lipinski definition) is 0. The van der Waals surface area contributed by atoms with Crippen LogP contribution >= 0.6 is 23.5 Å². The van der Waals surface area contributed by atoms with Crippen molar-refractivity contribution in [1.29, 1.82) is 0 Å². The Kier molecular flexibility index (Phi) is 10.9. The molecule has 0 saturated carbocycles. The van der Waals surface area contributed by atoms with Crippen molar-refractivity contribution in [2.24, 2.45) is 17.8 Å². The van der Waals surface area contributed by atoms with E-state index in [0.717, 1.165) is 25.4 Å². The highest BCUT2D eigenvalue weighted by molar-refractivity contribution is 8.18. The average molecular weight is 421 g/mol. The predicted octanol–water partition coefficient (Wildman–Crippen LogP) is 5.42. The number of carbonyl (C=O) groups excluding carboxylic acids is 1. The topological polar surface area (TPSA) is 35.5 Å². The molecule has 3 atom stereocenters. The maximum absolute atomic E-state index is 11.7. The van der Waals surface area contributed by atoms with Gasteiger partial charge in [-0.25, -0.2) is 0 Å². The summed E-state index contributed by atoms with van der Waals surface area (Å²) in [7, 11) is 0.640. The highest BCUT2D eigenvalue weighted by Crippen LogP contribution is 2.51. The second kappa shape index (κ2) is 11.5. The van der Waals surface area contributed by atoms with Crippen LogP contribution in [0.5, 0.6) is 0 Å². The summed E-state index contributed by atoms with van der Waals surface area (Å²) in [5, 5.41) is 0. The summed E-state index contributed by atoms with van der Waals surface area (Å²) in [6, 6.07) is 1.13. The second-order valence-electron chi connectivity index (χ2n) is 9.08. The molecule has 1 heterocycles. The van der Waals surface area contributed by atoms with E-state index in [-0.39, 0.29) is 16.1 Å². The smallest absolute Gasteiger partial charge is 0.127 e. The molecule has 0 radical (unpaired) electrons. The molecule has 154 valence electrons. The molecular formula is C20H40O3S2Si. The highest BCUT2D eigenvalue weighted by Gasteiger charge is 2.41. The zero-order valence-electron chi connectivity index (χ0n) is 17.9. The van der Waals surface area contributed by atoms with Gasteiger partial charge < -0.3 is 14.3 Å². The molecule has 0 N–H and O–H groups in total. The van der Waals surface area contributed by atoms with Crippen molar-refractivity contribution in [3.05, 3.63) is 0 Å². The average Bonchev–Trinajstić information content (AvgIpc) is 2.57. The summed E-state index contributed by atoms with van der Waals surface area (Å²) in [6.45, 7) is 15.2. The van der Waals surface area contributed by atoms with Gasteiger partial charge in [0.25, 0.3) is 0 Å². The number of carbonyl (C=O) groups is 1. The van der Waals surface area contributed by atoms with Crippen LogP contribution in [0.15, 0.2) is 0 Å². The predicted molar refractivity (Wildman–Crippen MR) is 120 cm³/mol. The zero-order valence-corrected chi connectivity index (χ0v) is 20.5. The summed E-state index contributed by atoms with van der Waals surface area (Å²) in [5.74, 6) is 3.25. The molecule has 0 aliphatic carbocycles. The molecule has 0 aromatic carbocycles. The maximum Gasteiger partial charge on any atom is 0.127 e. The first kappa shape index (κ1) is 24.5. The minimum Gasteiger partial charge on any atom is -0.381 e. The lowest BCUT2D eigenvalue weighted by Gasteiger charge is -2.43. The van der Waals surface area contributed by atoms with E-state index in [0.29, 0.717) is 18.4 Å². The van der Waals surface area contributed by atoms with Gasteiger partial charge in [0.1, 0.15) is 6.29 Å². The number of methoxy groups -OCH3 is 1. The van der Waals surface area contributed by atoms with Crippen LogP contribution in [0.3, 0.4) is 0 Å². The molecule has 26 heavy (non-hydrogen) atoms. The van der Waals surface area contributed by atoms with E-state index < -0.39 is 8.07 Å². The summed E-state index contributed by atoms with van der Waals surface area (Å²) in [6.07, 6.45) is 3.35. The Morgan fingerprint density at radius 3 is 2.23 bits per heavy atom. The third-order valence-electron chi connectivity index (χ3n) is 5.20. The van der Waals surface area contributed by atoms with E-state index in [1.165, 1.54) is 17.9 Å². The Balaban J connectivity index is 2.66. The minimum absolute atomic E-state index is 0.0712. The molecule has 1 aliphatic heterocycles. The van der Waals surface area contributed by atoms with E-state index in [2.05, 4.69) is 63.9 Å². The highest BCUT2D eigenvalue weighted by atomic mass is 32.2. The molecule has 1 aliphatic rings. The first-order chi connectivity index (χ1) is 12.1. The van der Waals surface area contributed by atoms with Gasteiger partial charge in [-0.05, 0) is 42.2 Å². The third-order valence-corrected chi connectivity index (χ3v) is 10.9. The van der Waals surface area contributed by atoms with Gasteiger partial charge in [-0.1, -0.05) is 40.4 Å². The summed E-state index contributed by atoms with van der Waals surface area (Å²) in [5.41, 5.74) is 0. The van der Waals surface area contributed by atoms with Crippen LogP contribution < -0.4 is 0 Å². The number of thioether (sulfide) groups is 2. The SMILES string of the molecule is CO[C@@H]([C@H](C)CC1(C(C)C)SCCCS1)[C@H](C=O)COCC[Si](C)(C)C. The van der Waals surface area contributed by atoms with Crippen molar-refractivity contribution in [3.8, 4) is 0 Å². The lowest BCUT2D eigenvalue weighted by Crippen LogP contribution is -2.40. The quantitative estimate of drug-likeness (QED) is 0.239. The van der Waals surface area contributed by atoms with Gasteiger partial charge in [0.15, 0.2) is 0 Å². The molecule has 0 unspecified atom stereocenters. The van der Waals surface area contributed by atoms with Gasteiger partial charge >= 0.3 is 0 Å². The molecule has 3 nitrogen and oxygen atoms in total. The summed E-state index contributed by atoms with van der Waals surface area (Å²) < 4.78 is 11.9. The molecule has 6 heteroatoms. The van der Waals surface area contributed by atoms with Gasteiger partial charge in [-0.15, -0.1) is 23.5 Å². The fourth-order valence-electron chi connectivity index (χ4n) is 3.48.